The van der Waals surface area contributed by atoms with Crippen LogP contribution in [-0.4, -0.2) is 16.0 Å². The Morgan fingerprint density at radius 3 is 2.74 bits per heavy atom. The molecule has 23 heavy (non-hydrogen) atoms. The number of aryl methyl sites for hydroxylation is 1. The smallest absolute Gasteiger partial charge is 0.270 e. The SMILES string of the molecule is CC(=O)c1cccc(N2C(=O)C(=Cc3ccc(C)o3)SC2=S)c1. The molecule has 1 amide bonds. The van der Waals surface area contributed by atoms with Gasteiger partial charge in [0.2, 0.25) is 0 Å². The van der Waals surface area contributed by atoms with Gasteiger partial charge in [-0.3, -0.25) is 14.5 Å². The normalized spacial score (nSPS) is 16.4. The van der Waals surface area contributed by atoms with Gasteiger partial charge >= 0.3 is 0 Å². The molecule has 1 aromatic carbocycles. The number of carbonyl (C=O) groups is 2. The summed E-state index contributed by atoms with van der Waals surface area (Å²) >= 11 is 6.54. The molecular formula is C17H13NO3S2. The lowest BCUT2D eigenvalue weighted by atomic mass is 10.1. The minimum Gasteiger partial charge on any atom is -0.462 e. The Kier molecular flexibility index (Phi) is 4.19. The van der Waals surface area contributed by atoms with Crippen molar-refractivity contribution in [3.05, 3.63) is 58.4 Å². The summed E-state index contributed by atoms with van der Waals surface area (Å²) in [7, 11) is 0. The largest absolute Gasteiger partial charge is 0.462 e. The van der Waals surface area contributed by atoms with E-state index in [0.717, 1.165) is 5.76 Å². The molecule has 0 saturated carbocycles. The molecule has 0 aliphatic carbocycles. The second kappa shape index (κ2) is 6.14. The molecule has 2 aromatic rings. The fraction of sp³-hybridized carbons (Fsp3) is 0.118. The van der Waals surface area contributed by atoms with Crippen molar-refractivity contribution in [2.75, 3.05) is 4.90 Å². The Hall–Kier alpha value is -2.18. The molecule has 0 bridgehead atoms. The highest BCUT2D eigenvalue weighted by atomic mass is 32.2. The number of rotatable bonds is 3. The molecule has 0 spiro atoms. The molecule has 0 atom stereocenters. The third kappa shape index (κ3) is 3.13. The summed E-state index contributed by atoms with van der Waals surface area (Å²) in [6.45, 7) is 3.33. The maximum atomic E-state index is 12.6. The summed E-state index contributed by atoms with van der Waals surface area (Å²) in [6.07, 6.45) is 1.68. The third-order valence-electron chi connectivity index (χ3n) is 3.34. The average molecular weight is 343 g/mol. The molecular weight excluding hydrogens is 330 g/mol. The van der Waals surface area contributed by atoms with Gasteiger partial charge in [0.05, 0.1) is 10.6 Å². The Labute approximate surface area is 143 Å². The number of hydrogen-bond donors (Lipinski definition) is 0. The quantitative estimate of drug-likeness (QED) is 0.475. The van der Waals surface area contributed by atoms with Crippen molar-refractivity contribution >= 4 is 51.8 Å². The van der Waals surface area contributed by atoms with Crippen LogP contribution >= 0.6 is 24.0 Å². The van der Waals surface area contributed by atoms with E-state index in [-0.39, 0.29) is 11.7 Å². The van der Waals surface area contributed by atoms with Gasteiger partial charge in [0.15, 0.2) is 10.1 Å². The maximum absolute atomic E-state index is 12.6. The molecule has 1 saturated heterocycles. The van der Waals surface area contributed by atoms with Gasteiger partial charge in [0.25, 0.3) is 5.91 Å². The van der Waals surface area contributed by atoms with Gasteiger partial charge in [-0.25, -0.2) is 0 Å². The Balaban J connectivity index is 1.94. The molecule has 1 aromatic heterocycles. The van der Waals surface area contributed by atoms with Gasteiger partial charge in [-0.05, 0) is 38.1 Å². The van der Waals surface area contributed by atoms with Crippen LogP contribution < -0.4 is 4.90 Å². The van der Waals surface area contributed by atoms with Gasteiger partial charge in [-0.15, -0.1) is 0 Å². The molecule has 0 N–H and O–H groups in total. The molecule has 116 valence electrons. The first-order valence-corrected chi connectivity index (χ1v) is 8.13. The molecule has 3 rings (SSSR count). The van der Waals surface area contributed by atoms with Crippen LogP contribution in [0.15, 0.2) is 45.7 Å². The van der Waals surface area contributed by atoms with Gasteiger partial charge in [-0.2, -0.15) is 0 Å². The summed E-state index contributed by atoms with van der Waals surface area (Å²) in [4.78, 5) is 26.1. The van der Waals surface area contributed by atoms with Crippen molar-refractivity contribution in [2.24, 2.45) is 0 Å². The number of nitrogens with zero attached hydrogens (tertiary/aromatic N) is 1. The highest BCUT2D eigenvalue weighted by molar-refractivity contribution is 8.27. The van der Waals surface area contributed by atoms with E-state index in [1.165, 1.54) is 23.6 Å². The summed E-state index contributed by atoms with van der Waals surface area (Å²) in [5.41, 5.74) is 1.14. The predicted octanol–water partition coefficient (Wildman–Crippen LogP) is 4.20. The summed E-state index contributed by atoms with van der Waals surface area (Å²) in [5.74, 6) is 1.12. The highest BCUT2D eigenvalue weighted by Crippen LogP contribution is 2.36. The number of amides is 1. The first-order chi connectivity index (χ1) is 11.0. The van der Waals surface area contributed by atoms with E-state index in [1.54, 1.807) is 36.4 Å². The number of Topliss-reactive ketones (excluding diaryl/α,β-unsaturated/α-hetero) is 1. The fourth-order valence-corrected chi connectivity index (χ4v) is 3.49. The van der Waals surface area contributed by atoms with Gasteiger partial charge in [0, 0.05) is 11.6 Å². The second-order valence-corrected chi connectivity index (χ2v) is 6.75. The number of benzene rings is 1. The van der Waals surface area contributed by atoms with Crippen molar-refractivity contribution in [2.45, 2.75) is 13.8 Å². The van der Waals surface area contributed by atoms with Crippen molar-refractivity contribution in [1.29, 1.82) is 0 Å². The lowest BCUT2D eigenvalue weighted by Crippen LogP contribution is -2.27. The van der Waals surface area contributed by atoms with Crippen LogP contribution in [0.25, 0.3) is 6.08 Å². The zero-order valence-corrected chi connectivity index (χ0v) is 14.2. The summed E-state index contributed by atoms with van der Waals surface area (Å²) in [6, 6.07) is 10.5. The van der Waals surface area contributed by atoms with Crippen molar-refractivity contribution in [1.82, 2.24) is 0 Å². The zero-order chi connectivity index (χ0) is 16.6. The van der Waals surface area contributed by atoms with Crippen LogP contribution in [0.5, 0.6) is 0 Å². The average Bonchev–Trinajstić information content (AvgIpc) is 3.03. The van der Waals surface area contributed by atoms with Crippen LogP contribution in [0, 0.1) is 6.92 Å². The van der Waals surface area contributed by atoms with Crippen LogP contribution in [0.3, 0.4) is 0 Å². The summed E-state index contributed by atoms with van der Waals surface area (Å²) < 4.78 is 5.91. The number of ketones is 1. The molecule has 2 heterocycles. The number of hydrogen-bond acceptors (Lipinski definition) is 5. The molecule has 0 unspecified atom stereocenters. The minimum atomic E-state index is -0.213. The van der Waals surface area contributed by atoms with Gasteiger partial charge in [-0.1, -0.05) is 36.1 Å². The molecule has 6 heteroatoms. The Bertz CT molecular complexity index is 851. The molecule has 1 aliphatic rings. The molecule has 1 fully saturated rings. The van der Waals surface area contributed by atoms with E-state index >= 15 is 0 Å². The summed E-state index contributed by atoms with van der Waals surface area (Å²) in [5, 5.41) is 0. The lowest BCUT2D eigenvalue weighted by molar-refractivity contribution is -0.113. The molecule has 4 nitrogen and oxygen atoms in total. The Morgan fingerprint density at radius 2 is 2.09 bits per heavy atom. The highest BCUT2D eigenvalue weighted by Gasteiger charge is 2.33. The molecule has 1 aliphatic heterocycles. The van der Waals surface area contributed by atoms with Crippen LogP contribution in [0.4, 0.5) is 5.69 Å². The topological polar surface area (TPSA) is 50.5 Å². The van der Waals surface area contributed by atoms with Crippen molar-refractivity contribution < 1.29 is 14.0 Å². The lowest BCUT2D eigenvalue weighted by Gasteiger charge is -2.15. The molecule has 0 radical (unpaired) electrons. The van der Waals surface area contributed by atoms with E-state index < -0.39 is 0 Å². The fourth-order valence-electron chi connectivity index (χ4n) is 2.21. The van der Waals surface area contributed by atoms with Gasteiger partial charge < -0.3 is 4.42 Å². The Morgan fingerprint density at radius 1 is 1.30 bits per heavy atom. The predicted molar refractivity (Wildman–Crippen MR) is 95.5 cm³/mol. The third-order valence-corrected chi connectivity index (χ3v) is 4.64. The first kappa shape index (κ1) is 15.7. The van der Waals surface area contributed by atoms with Gasteiger partial charge in [0.1, 0.15) is 11.5 Å². The zero-order valence-electron chi connectivity index (χ0n) is 12.5. The van der Waals surface area contributed by atoms with Crippen LogP contribution in [0.1, 0.15) is 28.8 Å². The van der Waals surface area contributed by atoms with E-state index in [1.807, 2.05) is 13.0 Å². The number of anilines is 1. The van der Waals surface area contributed by atoms with Crippen LogP contribution in [0.2, 0.25) is 0 Å². The van der Waals surface area contributed by atoms with E-state index in [2.05, 4.69) is 0 Å². The number of thiocarbonyl (C=S) groups is 1. The first-order valence-electron chi connectivity index (χ1n) is 6.91. The number of furan rings is 1. The standard InChI is InChI=1S/C17H13NO3S2/c1-10-6-7-14(21-10)9-15-16(20)18(17(22)23-15)13-5-3-4-12(8-13)11(2)19/h3-9H,1-2H3. The number of thioether (sulfide) groups is 1. The van der Waals surface area contributed by atoms with Crippen LogP contribution in [-0.2, 0) is 4.79 Å². The van der Waals surface area contributed by atoms with Crippen molar-refractivity contribution in [3.8, 4) is 0 Å². The monoisotopic (exact) mass is 343 g/mol. The minimum absolute atomic E-state index is 0.0566. The van der Waals surface area contributed by atoms with E-state index in [9.17, 15) is 9.59 Å². The van der Waals surface area contributed by atoms with E-state index in [4.69, 9.17) is 16.6 Å². The second-order valence-electron chi connectivity index (χ2n) is 5.07. The number of carbonyl (C=O) groups excluding carboxylic acids is 2. The van der Waals surface area contributed by atoms with E-state index in [0.29, 0.717) is 26.2 Å². The van der Waals surface area contributed by atoms with Crippen molar-refractivity contribution in [3.63, 3.8) is 0 Å². The maximum Gasteiger partial charge on any atom is 0.270 e.